The highest BCUT2D eigenvalue weighted by atomic mass is 32.2. The van der Waals surface area contributed by atoms with Gasteiger partial charge in [-0.05, 0) is 30.7 Å². The average molecular weight is 340 g/mol. The zero-order valence-corrected chi connectivity index (χ0v) is 13.1. The van der Waals surface area contributed by atoms with Crippen molar-refractivity contribution in [1.29, 1.82) is 0 Å². The molecule has 0 aromatic heterocycles. The number of nitro groups is 1. The Hall–Kier alpha value is -2.68. The number of anilines is 1. The molecule has 0 saturated carbocycles. The van der Waals surface area contributed by atoms with Crippen LogP contribution in [0.2, 0.25) is 0 Å². The van der Waals surface area contributed by atoms with Crippen LogP contribution in [-0.4, -0.2) is 20.5 Å². The number of halogens is 1. The van der Waals surface area contributed by atoms with Crippen molar-refractivity contribution >= 4 is 21.4 Å². The fourth-order valence-electron chi connectivity index (χ4n) is 1.89. The number of aryl methyl sites for hydroxylation is 1. The van der Waals surface area contributed by atoms with Gasteiger partial charge in [-0.15, -0.1) is 0 Å². The van der Waals surface area contributed by atoms with E-state index in [-0.39, 0.29) is 17.1 Å². The van der Waals surface area contributed by atoms with Gasteiger partial charge in [-0.1, -0.05) is 6.07 Å². The highest BCUT2D eigenvalue weighted by Crippen LogP contribution is 2.29. The molecule has 2 aromatic rings. The molecule has 0 radical (unpaired) electrons. The lowest BCUT2D eigenvalue weighted by Gasteiger charge is -2.13. The van der Waals surface area contributed by atoms with Gasteiger partial charge in [-0.25, -0.2) is 12.8 Å². The number of non-ortho nitro benzene ring substituents is 1. The second kappa shape index (κ2) is 6.21. The number of methoxy groups -OCH3 is 1. The normalized spacial score (nSPS) is 11.1. The number of nitrogens with zero attached hydrogens (tertiary/aromatic N) is 1. The zero-order valence-electron chi connectivity index (χ0n) is 12.2. The Labute approximate surface area is 131 Å². The molecule has 9 heteroatoms. The van der Waals surface area contributed by atoms with E-state index in [0.717, 1.165) is 18.2 Å². The minimum Gasteiger partial charge on any atom is -0.495 e. The predicted octanol–water partition coefficient (Wildman–Crippen LogP) is 2.85. The molecular formula is C14H13FN2O5S. The highest BCUT2D eigenvalue weighted by molar-refractivity contribution is 7.92. The smallest absolute Gasteiger partial charge is 0.271 e. The van der Waals surface area contributed by atoms with Crippen LogP contribution in [0.3, 0.4) is 0 Å². The summed E-state index contributed by atoms with van der Waals surface area (Å²) in [5.74, 6) is -0.788. The number of nitrogens with one attached hydrogen (secondary N) is 1. The van der Waals surface area contributed by atoms with Crippen molar-refractivity contribution in [3.8, 4) is 5.75 Å². The standard InChI is InChI=1S/C14H13FN2O5S/c1-9-3-5-11(17(18)19)8-12(9)16-23(20,21)14-7-10(15)4-6-13(14)22-2/h3-8,16H,1-2H3. The first-order chi connectivity index (χ1) is 10.7. The quantitative estimate of drug-likeness (QED) is 0.666. The Balaban J connectivity index is 2.49. The van der Waals surface area contributed by atoms with Gasteiger partial charge in [0.25, 0.3) is 15.7 Å². The van der Waals surface area contributed by atoms with Crippen molar-refractivity contribution in [3.63, 3.8) is 0 Å². The van der Waals surface area contributed by atoms with Gasteiger partial charge < -0.3 is 4.74 Å². The van der Waals surface area contributed by atoms with E-state index in [2.05, 4.69) is 4.72 Å². The molecule has 0 aliphatic carbocycles. The summed E-state index contributed by atoms with van der Waals surface area (Å²) in [7, 11) is -2.93. The molecule has 0 bridgehead atoms. The third kappa shape index (κ3) is 3.57. The van der Waals surface area contributed by atoms with Gasteiger partial charge in [0.15, 0.2) is 0 Å². The van der Waals surface area contributed by atoms with E-state index < -0.39 is 25.7 Å². The average Bonchev–Trinajstić information content (AvgIpc) is 2.49. The van der Waals surface area contributed by atoms with E-state index in [9.17, 15) is 22.9 Å². The van der Waals surface area contributed by atoms with Gasteiger partial charge in [0.05, 0.1) is 17.7 Å². The van der Waals surface area contributed by atoms with Crippen molar-refractivity contribution < 1.29 is 22.5 Å². The molecule has 0 saturated heterocycles. The van der Waals surface area contributed by atoms with Crippen LogP contribution >= 0.6 is 0 Å². The fraction of sp³-hybridized carbons (Fsp3) is 0.143. The van der Waals surface area contributed by atoms with Gasteiger partial charge in [0, 0.05) is 12.1 Å². The maximum Gasteiger partial charge on any atom is 0.271 e. The molecular weight excluding hydrogens is 327 g/mol. The molecule has 1 N–H and O–H groups in total. The zero-order chi connectivity index (χ0) is 17.2. The molecule has 2 aromatic carbocycles. The molecule has 2 rings (SSSR count). The van der Waals surface area contributed by atoms with Crippen LogP contribution in [-0.2, 0) is 10.0 Å². The number of sulfonamides is 1. The van der Waals surface area contributed by atoms with Crippen LogP contribution in [0.1, 0.15) is 5.56 Å². The maximum absolute atomic E-state index is 13.4. The monoisotopic (exact) mass is 340 g/mol. The first-order valence-electron chi connectivity index (χ1n) is 6.36. The number of nitro benzene ring substituents is 1. The van der Waals surface area contributed by atoms with Crippen LogP contribution in [0.15, 0.2) is 41.3 Å². The summed E-state index contributed by atoms with van der Waals surface area (Å²) >= 11 is 0. The van der Waals surface area contributed by atoms with Crippen molar-refractivity contribution in [3.05, 3.63) is 57.9 Å². The van der Waals surface area contributed by atoms with E-state index >= 15 is 0 Å². The summed E-state index contributed by atoms with van der Waals surface area (Å²) in [6.45, 7) is 1.59. The number of benzene rings is 2. The summed E-state index contributed by atoms with van der Waals surface area (Å²) in [5, 5.41) is 10.8. The highest BCUT2D eigenvalue weighted by Gasteiger charge is 2.22. The van der Waals surface area contributed by atoms with E-state index in [0.29, 0.717) is 5.56 Å². The van der Waals surface area contributed by atoms with Crippen LogP contribution in [0.4, 0.5) is 15.8 Å². The maximum atomic E-state index is 13.4. The molecule has 7 nitrogen and oxygen atoms in total. The van der Waals surface area contributed by atoms with Gasteiger partial charge in [-0.3, -0.25) is 14.8 Å². The van der Waals surface area contributed by atoms with Crippen LogP contribution in [0.5, 0.6) is 5.75 Å². The number of hydrogen-bond acceptors (Lipinski definition) is 5. The van der Waals surface area contributed by atoms with E-state index in [1.54, 1.807) is 6.92 Å². The topological polar surface area (TPSA) is 98.5 Å². The SMILES string of the molecule is COc1ccc(F)cc1S(=O)(=O)Nc1cc([N+](=O)[O-])ccc1C. The minimum absolute atomic E-state index is 0.0329. The van der Waals surface area contributed by atoms with Gasteiger partial charge >= 0.3 is 0 Å². The molecule has 0 aliphatic heterocycles. The van der Waals surface area contributed by atoms with Crippen LogP contribution in [0, 0.1) is 22.9 Å². The molecule has 0 unspecified atom stereocenters. The van der Waals surface area contributed by atoms with Crippen molar-refractivity contribution in [2.24, 2.45) is 0 Å². The summed E-state index contributed by atoms with van der Waals surface area (Å²) in [4.78, 5) is 9.77. The minimum atomic E-state index is -4.18. The fourth-order valence-corrected chi connectivity index (χ4v) is 3.20. The third-order valence-corrected chi connectivity index (χ3v) is 4.48. The first-order valence-corrected chi connectivity index (χ1v) is 7.84. The summed E-state index contributed by atoms with van der Waals surface area (Å²) in [6, 6.07) is 6.84. The Kier molecular flexibility index (Phi) is 4.50. The Bertz CT molecular complexity index is 867. The lowest BCUT2D eigenvalue weighted by atomic mass is 10.2. The lowest BCUT2D eigenvalue weighted by molar-refractivity contribution is -0.384. The summed E-state index contributed by atoms with van der Waals surface area (Å²) < 4.78 is 45.4. The Morgan fingerprint density at radius 2 is 1.91 bits per heavy atom. The largest absolute Gasteiger partial charge is 0.495 e. The predicted molar refractivity (Wildman–Crippen MR) is 81.6 cm³/mol. The molecule has 122 valence electrons. The van der Waals surface area contributed by atoms with Crippen molar-refractivity contribution in [1.82, 2.24) is 0 Å². The molecule has 0 atom stereocenters. The van der Waals surface area contributed by atoms with Crippen LogP contribution < -0.4 is 9.46 Å². The third-order valence-electron chi connectivity index (χ3n) is 3.09. The second-order valence-electron chi connectivity index (χ2n) is 4.66. The molecule has 0 aliphatic rings. The Morgan fingerprint density at radius 1 is 1.22 bits per heavy atom. The first kappa shape index (κ1) is 16.7. The van der Waals surface area contributed by atoms with Crippen molar-refractivity contribution in [2.45, 2.75) is 11.8 Å². The number of rotatable bonds is 5. The lowest BCUT2D eigenvalue weighted by Crippen LogP contribution is -2.15. The summed E-state index contributed by atoms with van der Waals surface area (Å²) in [5.41, 5.74) is 0.250. The molecule has 0 spiro atoms. The molecule has 0 heterocycles. The van der Waals surface area contributed by atoms with Crippen LogP contribution in [0.25, 0.3) is 0 Å². The van der Waals surface area contributed by atoms with Gasteiger partial charge in [0.1, 0.15) is 16.5 Å². The second-order valence-corrected chi connectivity index (χ2v) is 6.31. The van der Waals surface area contributed by atoms with Gasteiger partial charge in [-0.2, -0.15) is 0 Å². The number of hydrogen-bond donors (Lipinski definition) is 1. The van der Waals surface area contributed by atoms with E-state index in [1.165, 1.54) is 25.3 Å². The van der Waals surface area contributed by atoms with E-state index in [1.807, 2.05) is 0 Å². The molecule has 0 amide bonds. The number of ether oxygens (including phenoxy) is 1. The molecule has 0 fully saturated rings. The molecule has 23 heavy (non-hydrogen) atoms. The summed E-state index contributed by atoms with van der Waals surface area (Å²) in [6.07, 6.45) is 0. The van der Waals surface area contributed by atoms with Gasteiger partial charge in [0.2, 0.25) is 0 Å². The van der Waals surface area contributed by atoms with E-state index in [4.69, 9.17) is 4.74 Å². The Morgan fingerprint density at radius 3 is 2.52 bits per heavy atom. The van der Waals surface area contributed by atoms with Crippen molar-refractivity contribution in [2.75, 3.05) is 11.8 Å².